The number of rotatable bonds is 4. The number of carbonyl (C=O) groups excluding carboxylic acids is 1. The van der Waals surface area contributed by atoms with E-state index in [9.17, 15) is 9.59 Å². The number of carbonyl (C=O) groups is 1. The van der Waals surface area contributed by atoms with E-state index < -0.39 is 0 Å². The molecule has 0 saturated carbocycles. The zero-order valence-electron chi connectivity index (χ0n) is 14.3. The van der Waals surface area contributed by atoms with Gasteiger partial charge in [0.2, 0.25) is 5.91 Å². The van der Waals surface area contributed by atoms with E-state index in [2.05, 4.69) is 15.3 Å². The zero-order chi connectivity index (χ0) is 18.1. The van der Waals surface area contributed by atoms with E-state index in [-0.39, 0.29) is 24.4 Å². The van der Waals surface area contributed by atoms with Gasteiger partial charge in [0.15, 0.2) is 0 Å². The molecule has 26 heavy (non-hydrogen) atoms. The van der Waals surface area contributed by atoms with Crippen molar-refractivity contribution in [3.8, 4) is 0 Å². The summed E-state index contributed by atoms with van der Waals surface area (Å²) in [5.74, 6) is -0.143. The quantitative estimate of drug-likeness (QED) is 0.595. The summed E-state index contributed by atoms with van der Waals surface area (Å²) in [5.41, 5.74) is 3.70. The lowest BCUT2D eigenvalue weighted by Gasteiger charge is -2.07. The van der Waals surface area contributed by atoms with Crippen LogP contribution in [0, 0.1) is 6.92 Å². The molecular formula is C20H18N4O2. The molecule has 0 aliphatic carbocycles. The Morgan fingerprint density at radius 3 is 2.81 bits per heavy atom. The van der Waals surface area contributed by atoms with Crippen molar-refractivity contribution < 1.29 is 4.79 Å². The molecule has 0 saturated heterocycles. The maximum atomic E-state index is 12.7. The Morgan fingerprint density at radius 1 is 1.19 bits per heavy atom. The first kappa shape index (κ1) is 16.1. The van der Waals surface area contributed by atoms with Gasteiger partial charge < -0.3 is 10.3 Å². The van der Waals surface area contributed by atoms with Crippen LogP contribution in [0.1, 0.15) is 12.0 Å². The summed E-state index contributed by atoms with van der Waals surface area (Å²) in [6.45, 7) is 2.28. The lowest BCUT2D eigenvalue weighted by atomic mass is 10.2. The van der Waals surface area contributed by atoms with Gasteiger partial charge in [0.1, 0.15) is 11.0 Å². The number of aromatic nitrogens is 3. The van der Waals surface area contributed by atoms with Gasteiger partial charge >= 0.3 is 0 Å². The average Bonchev–Trinajstić information content (AvgIpc) is 3.01. The van der Waals surface area contributed by atoms with Crippen LogP contribution in [0.4, 0.5) is 5.69 Å². The van der Waals surface area contributed by atoms with Gasteiger partial charge in [0.25, 0.3) is 5.56 Å². The number of aryl methyl sites for hydroxylation is 2. The van der Waals surface area contributed by atoms with Crippen LogP contribution in [0.15, 0.2) is 59.7 Å². The van der Waals surface area contributed by atoms with Crippen LogP contribution in [0.3, 0.4) is 0 Å². The minimum Gasteiger partial charge on any atom is -0.349 e. The minimum atomic E-state index is -0.170. The number of para-hydroxylation sites is 1. The Morgan fingerprint density at radius 2 is 2.00 bits per heavy atom. The maximum Gasteiger partial charge on any atom is 0.277 e. The molecule has 6 heteroatoms. The summed E-state index contributed by atoms with van der Waals surface area (Å²) in [6.07, 6.45) is 1.71. The molecule has 0 fully saturated rings. The number of aromatic amines is 1. The Kier molecular flexibility index (Phi) is 4.01. The van der Waals surface area contributed by atoms with Gasteiger partial charge in [-0.05, 0) is 31.2 Å². The van der Waals surface area contributed by atoms with Crippen molar-refractivity contribution in [2.75, 3.05) is 5.32 Å². The Bertz CT molecular complexity index is 1160. The van der Waals surface area contributed by atoms with Gasteiger partial charge in [-0.3, -0.25) is 14.2 Å². The highest BCUT2D eigenvalue weighted by Crippen LogP contribution is 2.22. The number of benzene rings is 2. The second-order valence-electron chi connectivity index (χ2n) is 6.30. The number of anilines is 1. The number of amides is 1. The van der Waals surface area contributed by atoms with Gasteiger partial charge in [-0.15, -0.1) is 0 Å². The van der Waals surface area contributed by atoms with Crippen LogP contribution >= 0.6 is 0 Å². The summed E-state index contributed by atoms with van der Waals surface area (Å²) in [7, 11) is 0. The molecule has 4 aromatic rings. The largest absolute Gasteiger partial charge is 0.349 e. The van der Waals surface area contributed by atoms with E-state index in [1.807, 2.05) is 55.5 Å². The van der Waals surface area contributed by atoms with Crippen LogP contribution in [-0.4, -0.2) is 20.4 Å². The Labute approximate surface area is 149 Å². The lowest BCUT2D eigenvalue weighted by molar-refractivity contribution is -0.116. The predicted octanol–water partition coefficient (Wildman–Crippen LogP) is 3.22. The summed E-state index contributed by atoms with van der Waals surface area (Å²) < 4.78 is 1.47. The molecular weight excluding hydrogens is 328 g/mol. The number of nitrogens with zero attached hydrogens (tertiary/aromatic N) is 2. The summed E-state index contributed by atoms with van der Waals surface area (Å²) in [6, 6.07) is 15.2. The fourth-order valence-corrected chi connectivity index (χ4v) is 3.03. The molecule has 0 atom stereocenters. The van der Waals surface area contributed by atoms with Crippen molar-refractivity contribution in [3.63, 3.8) is 0 Å². The number of nitrogens with one attached hydrogen (secondary N) is 2. The molecule has 0 unspecified atom stereocenters. The smallest absolute Gasteiger partial charge is 0.277 e. The van der Waals surface area contributed by atoms with Crippen molar-refractivity contribution in [1.82, 2.24) is 14.5 Å². The summed E-state index contributed by atoms with van der Waals surface area (Å²) in [4.78, 5) is 32.4. The molecule has 2 aromatic carbocycles. The van der Waals surface area contributed by atoms with E-state index >= 15 is 0 Å². The van der Waals surface area contributed by atoms with Crippen molar-refractivity contribution in [1.29, 1.82) is 0 Å². The average molecular weight is 346 g/mol. The first-order valence-electron chi connectivity index (χ1n) is 8.44. The molecule has 0 bridgehead atoms. The second kappa shape index (κ2) is 6.48. The molecule has 130 valence electrons. The molecule has 0 aliphatic heterocycles. The first-order chi connectivity index (χ1) is 12.6. The molecule has 6 nitrogen and oxygen atoms in total. The SMILES string of the molecule is Cc1ccc2[nH]c3c(=O)n(CCC(=O)Nc4ccccc4)cnc3c2c1. The van der Waals surface area contributed by atoms with Gasteiger partial charge in [-0.1, -0.05) is 29.8 Å². The number of hydrogen-bond acceptors (Lipinski definition) is 3. The maximum absolute atomic E-state index is 12.7. The highest BCUT2D eigenvalue weighted by atomic mass is 16.2. The van der Waals surface area contributed by atoms with Crippen molar-refractivity contribution in [2.45, 2.75) is 19.9 Å². The van der Waals surface area contributed by atoms with E-state index in [1.165, 1.54) is 10.9 Å². The predicted molar refractivity (Wildman–Crippen MR) is 102 cm³/mol. The van der Waals surface area contributed by atoms with Crippen LogP contribution in [0.25, 0.3) is 21.9 Å². The standard InChI is InChI=1S/C20H18N4O2/c1-13-7-8-16-15(11-13)18-19(23-16)20(26)24(12-21-18)10-9-17(25)22-14-5-3-2-4-6-14/h2-8,11-12,23H,9-10H2,1H3,(H,22,25). The second-order valence-corrected chi connectivity index (χ2v) is 6.30. The van der Waals surface area contributed by atoms with Crippen LogP contribution in [0.2, 0.25) is 0 Å². The molecule has 2 heterocycles. The van der Waals surface area contributed by atoms with Crippen LogP contribution < -0.4 is 10.9 Å². The summed E-state index contributed by atoms with van der Waals surface area (Å²) in [5, 5.41) is 3.75. The molecule has 4 rings (SSSR count). The molecule has 2 aromatic heterocycles. The van der Waals surface area contributed by atoms with Gasteiger partial charge in [0.05, 0.1) is 6.33 Å². The van der Waals surface area contributed by atoms with Gasteiger partial charge in [0, 0.05) is 29.6 Å². The number of H-pyrrole nitrogens is 1. The minimum absolute atomic E-state index is 0.143. The van der Waals surface area contributed by atoms with Crippen LogP contribution in [-0.2, 0) is 11.3 Å². The Balaban J connectivity index is 1.57. The Hall–Kier alpha value is -3.41. The monoisotopic (exact) mass is 346 g/mol. The van der Waals surface area contributed by atoms with Crippen LogP contribution in [0.5, 0.6) is 0 Å². The third-order valence-corrected chi connectivity index (χ3v) is 4.36. The van der Waals surface area contributed by atoms with E-state index in [4.69, 9.17) is 0 Å². The van der Waals surface area contributed by atoms with E-state index in [1.54, 1.807) is 0 Å². The topological polar surface area (TPSA) is 79.8 Å². The van der Waals surface area contributed by atoms with Crippen molar-refractivity contribution in [2.24, 2.45) is 0 Å². The number of fused-ring (bicyclic) bond motifs is 3. The summed E-state index contributed by atoms with van der Waals surface area (Å²) >= 11 is 0. The first-order valence-corrected chi connectivity index (χ1v) is 8.44. The zero-order valence-corrected chi connectivity index (χ0v) is 14.3. The fourth-order valence-electron chi connectivity index (χ4n) is 3.03. The molecule has 0 radical (unpaired) electrons. The van der Waals surface area contributed by atoms with Gasteiger partial charge in [-0.2, -0.15) is 0 Å². The normalized spacial score (nSPS) is 11.1. The highest BCUT2D eigenvalue weighted by Gasteiger charge is 2.12. The van der Waals surface area contributed by atoms with Gasteiger partial charge in [-0.25, -0.2) is 4.98 Å². The highest BCUT2D eigenvalue weighted by molar-refractivity contribution is 6.04. The molecule has 2 N–H and O–H groups in total. The van der Waals surface area contributed by atoms with E-state index in [0.717, 1.165) is 22.2 Å². The third kappa shape index (κ3) is 2.97. The van der Waals surface area contributed by atoms with Crippen molar-refractivity contribution >= 4 is 33.5 Å². The number of hydrogen-bond donors (Lipinski definition) is 2. The fraction of sp³-hybridized carbons (Fsp3) is 0.150. The molecule has 0 spiro atoms. The third-order valence-electron chi connectivity index (χ3n) is 4.36. The lowest BCUT2D eigenvalue weighted by Crippen LogP contribution is -2.23. The molecule has 1 amide bonds. The van der Waals surface area contributed by atoms with E-state index in [0.29, 0.717) is 11.0 Å². The van der Waals surface area contributed by atoms with Crippen molar-refractivity contribution in [3.05, 3.63) is 70.8 Å². The molecule has 0 aliphatic rings.